The van der Waals surface area contributed by atoms with Crippen molar-refractivity contribution in [2.45, 2.75) is 30.6 Å². The molecule has 0 spiro atoms. The van der Waals surface area contributed by atoms with E-state index in [4.69, 9.17) is 10.2 Å². The molecule has 0 aromatic carbocycles. The molecule has 0 saturated carbocycles. The average Bonchev–Trinajstić information content (AvgIpc) is 2.18. The Morgan fingerprint density at radius 3 is 2.43 bits per heavy atom. The number of nitrogens with one attached hydrogen (secondary N) is 1. The van der Waals surface area contributed by atoms with Gasteiger partial charge in [0.05, 0.1) is 12.6 Å². The van der Waals surface area contributed by atoms with E-state index in [1.165, 1.54) is 0 Å². The largest absolute Gasteiger partial charge is 0.394 e. The van der Waals surface area contributed by atoms with Crippen molar-refractivity contribution in [3.8, 4) is 0 Å². The predicted molar refractivity (Wildman–Crippen MR) is 43.0 cm³/mol. The van der Waals surface area contributed by atoms with Gasteiger partial charge in [0.15, 0.2) is 6.29 Å². The molecule has 0 aromatic heterocycles. The minimum atomic E-state index is -1.53. The lowest BCUT2D eigenvalue weighted by atomic mass is 9.97. The van der Waals surface area contributed by atoms with E-state index < -0.39 is 37.3 Å². The zero-order chi connectivity index (χ0) is 10.7. The van der Waals surface area contributed by atoms with E-state index in [0.717, 1.165) is 0 Å². The van der Waals surface area contributed by atoms with Gasteiger partial charge in [0.25, 0.3) is 0 Å². The highest BCUT2D eigenvalue weighted by molar-refractivity contribution is 5.47. The van der Waals surface area contributed by atoms with Gasteiger partial charge in [-0.3, -0.25) is 4.79 Å². The second kappa shape index (κ2) is 4.67. The lowest BCUT2D eigenvalue weighted by Crippen LogP contribution is -2.63. The number of rotatable bonds is 3. The lowest BCUT2D eigenvalue weighted by molar-refractivity contribution is -0.261. The molecule has 7 nitrogen and oxygen atoms in total. The maximum atomic E-state index is 10.1. The molecule has 0 unspecified atom stereocenters. The Balaban J connectivity index is 2.71. The van der Waals surface area contributed by atoms with Crippen molar-refractivity contribution in [3.05, 3.63) is 0 Å². The van der Waals surface area contributed by atoms with Gasteiger partial charge in [-0.2, -0.15) is 0 Å². The maximum Gasteiger partial charge on any atom is 0.207 e. The zero-order valence-electron chi connectivity index (χ0n) is 7.28. The average molecular weight is 207 g/mol. The molecule has 14 heavy (non-hydrogen) atoms. The third-order valence-electron chi connectivity index (χ3n) is 2.16. The molecule has 1 heterocycles. The summed E-state index contributed by atoms with van der Waals surface area (Å²) < 4.78 is 4.69. The van der Waals surface area contributed by atoms with Gasteiger partial charge in [-0.15, -0.1) is 0 Å². The van der Waals surface area contributed by atoms with Crippen molar-refractivity contribution in [1.82, 2.24) is 5.32 Å². The maximum absolute atomic E-state index is 10.1. The summed E-state index contributed by atoms with van der Waals surface area (Å²) in [5.41, 5.74) is 0. The molecular weight excluding hydrogens is 194 g/mol. The smallest absolute Gasteiger partial charge is 0.207 e. The summed E-state index contributed by atoms with van der Waals surface area (Å²) in [4.78, 5) is 10.1. The molecule has 1 rings (SSSR count). The lowest BCUT2D eigenvalue weighted by Gasteiger charge is -2.39. The van der Waals surface area contributed by atoms with E-state index >= 15 is 0 Å². The molecule has 5 N–H and O–H groups in total. The molecule has 1 fully saturated rings. The summed E-state index contributed by atoms with van der Waals surface area (Å²) in [5.74, 6) is 0. The van der Waals surface area contributed by atoms with Crippen LogP contribution >= 0.6 is 0 Å². The first-order chi connectivity index (χ1) is 6.61. The van der Waals surface area contributed by atoms with Crippen LogP contribution in [0, 0.1) is 0 Å². The minimum absolute atomic E-state index is 0.295. The first-order valence-electron chi connectivity index (χ1n) is 4.12. The predicted octanol–water partition coefficient (Wildman–Crippen LogP) is -3.47. The molecule has 5 atom stereocenters. The van der Waals surface area contributed by atoms with Crippen LogP contribution in [0.3, 0.4) is 0 Å². The van der Waals surface area contributed by atoms with Crippen LogP contribution in [0.15, 0.2) is 0 Å². The highest BCUT2D eigenvalue weighted by Crippen LogP contribution is 2.19. The Kier molecular flexibility index (Phi) is 3.78. The van der Waals surface area contributed by atoms with Gasteiger partial charge < -0.3 is 30.5 Å². The summed E-state index contributed by atoms with van der Waals surface area (Å²) in [6, 6.07) is -1.05. The van der Waals surface area contributed by atoms with E-state index in [0.29, 0.717) is 6.41 Å². The van der Waals surface area contributed by atoms with E-state index in [2.05, 4.69) is 10.1 Å². The standard InChI is InChI=1S/C7H13NO6/c9-1-3-5(11)4(8-2-10)6(12)7(13)14-3/h2-7,9,11-13H,1H2,(H,8,10)/t3-,4+,5-,6-,7+/m1/s1. The molecule has 7 heteroatoms. The number of aliphatic hydroxyl groups excluding tert-OH is 4. The summed E-state index contributed by atoms with van der Waals surface area (Å²) in [7, 11) is 0. The van der Waals surface area contributed by atoms with Crippen LogP contribution < -0.4 is 5.32 Å². The highest BCUT2D eigenvalue weighted by Gasteiger charge is 2.43. The van der Waals surface area contributed by atoms with Crippen LogP contribution in [0.5, 0.6) is 0 Å². The van der Waals surface area contributed by atoms with Crippen molar-refractivity contribution >= 4 is 6.41 Å². The number of hydrogen-bond donors (Lipinski definition) is 5. The summed E-state index contributed by atoms with van der Waals surface area (Å²) in [6.07, 6.45) is -4.94. The number of carbonyl (C=O) groups excluding carboxylic acids is 1. The normalized spacial score (nSPS) is 43.3. The third-order valence-corrected chi connectivity index (χ3v) is 2.16. The van der Waals surface area contributed by atoms with E-state index in [1.54, 1.807) is 0 Å². The number of ether oxygens (including phenoxy) is 1. The number of hydrogen-bond acceptors (Lipinski definition) is 6. The summed E-state index contributed by atoms with van der Waals surface area (Å²) in [5, 5.41) is 38.8. The molecule has 1 aliphatic rings. The molecule has 0 bridgehead atoms. The minimum Gasteiger partial charge on any atom is -0.394 e. The van der Waals surface area contributed by atoms with Crippen molar-refractivity contribution in [3.63, 3.8) is 0 Å². The first kappa shape index (κ1) is 11.3. The van der Waals surface area contributed by atoms with E-state index in [-0.39, 0.29) is 0 Å². The van der Waals surface area contributed by atoms with Gasteiger partial charge in [0, 0.05) is 0 Å². The Morgan fingerprint density at radius 2 is 1.93 bits per heavy atom. The molecule has 82 valence electrons. The molecular formula is C7H13NO6. The molecule has 0 radical (unpaired) electrons. The van der Waals surface area contributed by atoms with Gasteiger partial charge in [0.2, 0.25) is 6.41 Å². The van der Waals surface area contributed by atoms with Crippen LogP contribution in [0.1, 0.15) is 0 Å². The van der Waals surface area contributed by atoms with Crippen LogP contribution in [-0.4, -0.2) is 64.1 Å². The summed E-state index contributed by atoms with van der Waals surface area (Å²) in [6.45, 7) is -0.512. The highest BCUT2D eigenvalue weighted by atomic mass is 16.6. The quantitative estimate of drug-likeness (QED) is 0.307. The topological polar surface area (TPSA) is 119 Å². The number of amides is 1. The van der Waals surface area contributed by atoms with Crippen molar-refractivity contribution < 1.29 is 30.0 Å². The fourth-order valence-corrected chi connectivity index (χ4v) is 1.38. The van der Waals surface area contributed by atoms with Gasteiger partial charge in [-0.05, 0) is 0 Å². The Hall–Kier alpha value is -0.730. The van der Waals surface area contributed by atoms with E-state index in [1.807, 2.05) is 0 Å². The monoisotopic (exact) mass is 207 g/mol. The van der Waals surface area contributed by atoms with Crippen LogP contribution in [0.25, 0.3) is 0 Å². The fourth-order valence-electron chi connectivity index (χ4n) is 1.38. The molecule has 1 amide bonds. The van der Waals surface area contributed by atoms with Gasteiger partial charge in [-0.25, -0.2) is 0 Å². The fraction of sp³-hybridized carbons (Fsp3) is 0.857. The van der Waals surface area contributed by atoms with Crippen LogP contribution in [0.4, 0.5) is 0 Å². The van der Waals surface area contributed by atoms with Gasteiger partial charge in [-0.1, -0.05) is 0 Å². The Morgan fingerprint density at radius 1 is 1.29 bits per heavy atom. The Labute approximate surface area is 79.9 Å². The summed E-state index contributed by atoms with van der Waals surface area (Å²) >= 11 is 0. The number of carbonyl (C=O) groups is 1. The van der Waals surface area contributed by atoms with E-state index in [9.17, 15) is 15.0 Å². The SMILES string of the molecule is O=CN[C@@H]1[C@@H](O)[C@@H](O)O[C@H](CO)[C@H]1O. The van der Waals surface area contributed by atoms with Crippen LogP contribution in [-0.2, 0) is 9.53 Å². The van der Waals surface area contributed by atoms with Crippen molar-refractivity contribution in [2.24, 2.45) is 0 Å². The molecule has 1 aliphatic heterocycles. The first-order valence-corrected chi connectivity index (χ1v) is 4.12. The Bertz CT molecular complexity index is 201. The van der Waals surface area contributed by atoms with Crippen molar-refractivity contribution in [2.75, 3.05) is 6.61 Å². The molecule has 0 aliphatic carbocycles. The van der Waals surface area contributed by atoms with Gasteiger partial charge >= 0.3 is 0 Å². The van der Waals surface area contributed by atoms with Gasteiger partial charge in [0.1, 0.15) is 18.3 Å². The molecule has 0 aromatic rings. The zero-order valence-corrected chi connectivity index (χ0v) is 7.28. The third kappa shape index (κ3) is 2.02. The number of aliphatic hydroxyl groups is 4. The second-order valence-electron chi connectivity index (χ2n) is 3.04. The van der Waals surface area contributed by atoms with Crippen LogP contribution in [0.2, 0.25) is 0 Å². The second-order valence-corrected chi connectivity index (χ2v) is 3.04. The molecule has 1 saturated heterocycles. The van der Waals surface area contributed by atoms with Crippen molar-refractivity contribution in [1.29, 1.82) is 0 Å².